The van der Waals surface area contributed by atoms with Gasteiger partial charge in [0.05, 0.1) is 31.1 Å². The first-order valence-electron chi connectivity index (χ1n) is 8.64. The van der Waals surface area contributed by atoms with E-state index in [1.807, 2.05) is 31.2 Å². The highest BCUT2D eigenvalue weighted by molar-refractivity contribution is 6.32. The molecule has 5 nitrogen and oxygen atoms in total. The van der Waals surface area contributed by atoms with E-state index in [4.69, 9.17) is 21.1 Å². The minimum absolute atomic E-state index is 0.218. The van der Waals surface area contributed by atoms with Crippen molar-refractivity contribution in [3.63, 3.8) is 0 Å². The zero-order valence-electron chi connectivity index (χ0n) is 16.1. The van der Waals surface area contributed by atoms with Crippen molar-refractivity contribution in [1.29, 1.82) is 0 Å². The summed E-state index contributed by atoms with van der Waals surface area (Å²) in [6, 6.07) is 12.6. The second-order valence-corrected chi connectivity index (χ2v) is 6.73. The lowest BCUT2D eigenvalue weighted by Crippen LogP contribution is -2.24. The molecule has 1 heterocycles. The summed E-state index contributed by atoms with van der Waals surface area (Å²) in [5.74, 6) is -0.307. The van der Waals surface area contributed by atoms with E-state index in [0.717, 1.165) is 5.56 Å². The van der Waals surface area contributed by atoms with Gasteiger partial charge in [0.25, 0.3) is 5.91 Å². The van der Waals surface area contributed by atoms with Crippen molar-refractivity contribution >= 4 is 35.2 Å². The Balaban J connectivity index is 2.18. The first kappa shape index (κ1) is 19.7. The molecule has 0 fully saturated rings. The number of esters is 1. The lowest BCUT2D eigenvalue weighted by molar-refractivity contribution is -0.136. The number of para-hydroxylation sites is 1. The molecule has 1 amide bonds. The average Bonchev–Trinajstić information content (AvgIpc) is 2.94. The second kappa shape index (κ2) is 7.90. The van der Waals surface area contributed by atoms with Crippen molar-refractivity contribution in [2.75, 3.05) is 19.1 Å². The SMILES string of the molecule is COC(=O)C1=C(C)N(c2ccc(C)c(Cl)c2)C(=O)/C1=C\c1ccccc1OC. The third kappa shape index (κ3) is 3.41. The number of aryl methyl sites for hydroxylation is 1. The molecule has 0 saturated heterocycles. The first-order chi connectivity index (χ1) is 13.4. The first-order valence-corrected chi connectivity index (χ1v) is 9.01. The second-order valence-electron chi connectivity index (χ2n) is 6.33. The van der Waals surface area contributed by atoms with Crippen molar-refractivity contribution in [2.24, 2.45) is 0 Å². The molecule has 0 spiro atoms. The maximum absolute atomic E-state index is 13.3. The Morgan fingerprint density at radius 2 is 1.82 bits per heavy atom. The zero-order chi connectivity index (χ0) is 20.4. The number of nitrogens with zero attached hydrogens (tertiary/aromatic N) is 1. The van der Waals surface area contributed by atoms with Crippen LogP contribution in [0.15, 0.2) is 59.3 Å². The molecule has 28 heavy (non-hydrogen) atoms. The van der Waals surface area contributed by atoms with Gasteiger partial charge in [-0.25, -0.2) is 4.79 Å². The molecule has 0 aromatic heterocycles. The summed E-state index contributed by atoms with van der Waals surface area (Å²) in [6.07, 6.45) is 1.65. The van der Waals surface area contributed by atoms with Gasteiger partial charge in [0, 0.05) is 16.3 Å². The van der Waals surface area contributed by atoms with Crippen LogP contribution in [0.25, 0.3) is 6.08 Å². The number of carbonyl (C=O) groups is 2. The monoisotopic (exact) mass is 397 g/mol. The minimum atomic E-state index is -0.576. The van der Waals surface area contributed by atoms with E-state index in [-0.39, 0.29) is 17.1 Å². The molecule has 0 bridgehead atoms. The fraction of sp³-hybridized carbons (Fsp3) is 0.182. The fourth-order valence-electron chi connectivity index (χ4n) is 3.15. The normalized spacial score (nSPS) is 15.4. The van der Waals surface area contributed by atoms with Crippen LogP contribution in [0.1, 0.15) is 18.1 Å². The van der Waals surface area contributed by atoms with Gasteiger partial charge in [0.15, 0.2) is 0 Å². The molecular weight excluding hydrogens is 378 g/mol. The Morgan fingerprint density at radius 3 is 2.46 bits per heavy atom. The number of halogens is 1. The highest BCUT2D eigenvalue weighted by atomic mass is 35.5. The van der Waals surface area contributed by atoms with Crippen molar-refractivity contribution in [2.45, 2.75) is 13.8 Å². The van der Waals surface area contributed by atoms with Gasteiger partial charge in [-0.15, -0.1) is 0 Å². The maximum atomic E-state index is 13.3. The van der Waals surface area contributed by atoms with Crippen LogP contribution in [0.5, 0.6) is 5.75 Å². The van der Waals surface area contributed by atoms with E-state index in [9.17, 15) is 9.59 Å². The van der Waals surface area contributed by atoms with Crippen LogP contribution in [-0.4, -0.2) is 26.1 Å². The van der Waals surface area contributed by atoms with Crippen LogP contribution in [0.3, 0.4) is 0 Å². The number of methoxy groups -OCH3 is 2. The number of hydrogen-bond donors (Lipinski definition) is 0. The number of hydrogen-bond acceptors (Lipinski definition) is 4. The minimum Gasteiger partial charge on any atom is -0.496 e. The molecule has 0 unspecified atom stereocenters. The van der Waals surface area contributed by atoms with Crippen molar-refractivity contribution in [3.05, 3.63) is 75.5 Å². The van der Waals surface area contributed by atoms with Crippen molar-refractivity contribution in [3.8, 4) is 5.75 Å². The molecule has 0 radical (unpaired) electrons. The maximum Gasteiger partial charge on any atom is 0.340 e. The Morgan fingerprint density at radius 1 is 1.11 bits per heavy atom. The van der Waals surface area contributed by atoms with Gasteiger partial charge in [0.2, 0.25) is 0 Å². The standard InChI is InChI=1S/C22H20ClNO4/c1-13-9-10-16(12-18(13)23)24-14(2)20(22(26)28-4)17(21(24)25)11-15-7-5-6-8-19(15)27-3/h5-12H,1-4H3/b17-11-. The molecule has 144 valence electrons. The van der Waals surface area contributed by atoms with Crippen LogP contribution in [-0.2, 0) is 14.3 Å². The molecule has 2 aromatic rings. The van der Waals surface area contributed by atoms with Crippen LogP contribution >= 0.6 is 11.6 Å². The molecule has 6 heteroatoms. The Bertz CT molecular complexity index is 1020. The van der Waals surface area contributed by atoms with Gasteiger partial charge in [-0.2, -0.15) is 0 Å². The third-order valence-electron chi connectivity index (χ3n) is 4.64. The average molecular weight is 398 g/mol. The molecule has 0 saturated carbocycles. The summed E-state index contributed by atoms with van der Waals surface area (Å²) in [5, 5.41) is 0.542. The summed E-state index contributed by atoms with van der Waals surface area (Å²) in [5.41, 5.74) is 3.12. The summed E-state index contributed by atoms with van der Waals surface area (Å²) in [4.78, 5) is 27.2. The van der Waals surface area contributed by atoms with E-state index in [1.54, 1.807) is 38.3 Å². The fourth-order valence-corrected chi connectivity index (χ4v) is 3.33. The van der Waals surface area contributed by atoms with E-state index in [2.05, 4.69) is 0 Å². The number of benzene rings is 2. The lowest BCUT2D eigenvalue weighted by atomic mass is 10.0. The number of allylic oxidation sites excluding steroid dienone is 1. The summed E-state index contributed by atoms with van der Waals surface area (Å²) in [7, 11) is 2.84. The number of ether oxygens (including phenoxy) is 2. The number of amides is 1. The van der Waals surface area contributed by atoms with Gasteiger partial charge >= 0.3 is 5.97 Å². The Kier molecular flexibility index (Phi) is 5.56. The number of rotatable bonds is 4. The van der Waals surface area contributed by atoms with E-state index in [0.29, 0.717) is 27.7 Å². The quantitative estimate of drug-likeness (QED) is 0.561. The van der Waals surface area contributed by atoms with Gasteiger partial charge in [0.1, 0.15) is 5.75 Å². The van der Waals surface area contributed by atoms with Crippen molar-refractivity contribution in [1.82, 2.24) is 0 Å². The van der Waals surface area contributed by atoms with Gasteiger partial charge in [-0.05, 0) is 43.7 Å². The van der Waals surface area contributed by atoms with E-state index < -0.39 is 5.97 Å². The summed E-state index contributed by atoms with van der Waals surface area (Å²) < 4.78 is 10.3. The number of carbonyl (C=O) groups excluding carboxylic acids is 2. The van der Waals surface area contributed by atoms with Gasteiger partial charge in [-0.3, -0.25) is 9.69 Å². The molecule has 1 aliphatic rings. The van der Waals surface area contributed by atoms with E-state index in [1.165, 1.54) is 12.0 Å². The van der Waals surface area contributed by atoms with Crippen LogP contribution in [0, 0.1) is 6.92 Å². The molecule has 3 rings (SSSR count). The van der Waals surface area contributed by atoms with E-state index >= 15 is 0 Å². The topological polar surface area (TPSA) is 55.8 Å². The van der Waals surface area contributed by atoms with Gasteiger partial charge in [-0.1, -0.05) is 35.9 Å². The molecule has 1 aliphatic heterocycles. The molecule has 0 N–H and O–H groups in total. The van der Waals surface area contributed by atoms with Crippen LogP contribution in [0.4, 0.5) is 5.69 Å². The van der Waals surface area contributed by atoms with Gasteiger partial charge < -0.3 is 9.47 Å². The number of anilines is 1. The molecule has 0 aliphatic carbocycles. The molecular formula is C22H20ClNO4. The van der Waals surface area contributed by atoms with Crippen LogP contribution < -0.4 is 9.64 Å². The smallest absolute Gasteiger partial charge is 0.340 e. The summed E-state index contributed by atoms with van der Waals surface area (Å²) in [6.45, 7) is 3.59. The predicted molar refractivity (Wildman–Crippen MR) is 109 cm³/mol. The predicted octanol–water partition coefficient (Wildman–Crippen LogP) is 4.53. The van der Waals surface area contributed by atoms with Crippen LogP contribution in [0.2, 0.25) is 5.02 Å². The highest BCUT2D eigenvalue weighted by Gasteiger charge is 2.38. The molecule has 2 aromatic carbocycles. The molecule has 0 atom stereocenters. The Labute approximate surface area is 168 Å². The summed E-state index contributed by atoms with van der Waals surface area (Å²) >= 11 is 6.24. The largest absolute Gasteiger partial charge is 0.496 e. The Hall–Kier alpha value is -3.05. The zero-order valence-corrected chi connectivity index (χ0v) is 16.8. The lowest BCUT2D eigenvalue weighted by Gasteiger charge is -2.18. The van der Waals surface area contributed by atoms with Crippen molar-refractivity contribution < 1.29 is 19.1 Å². The third-order valence-corrected chi connectivity index (χ3v) is 5.05. The highest BCUT2D eigenvalue weighted by Crippen LogP contribution is 2.37.